The highest BCUT2D eigenvalue weighted by Crippen LogP contribution is 2.14. The number of aliphatic hydroxyl groups excluding tert-OH is 1. The number of hydrogen-bond acceptors (Lipinski definition) is 3. The molecular formula is C10H17NOS. The lowest BCUT2D eigenvalue weighted by atomic mass is 9.97. The van der Waals surface area contributed by atoms with Gasteiger partial charge in [-0.2, -0.15) is 0 Å². The Morgan fingerprint density at radius 1 is 1.54 bits per heavy atom. The minimum atomic E-state index is -0.401. The number of nitrogens with two attached hydrogens (primary N) is 1. The fourth-order valence-corrected chi connectivity index (χ4v) is 2.05. The van der Waals surface area contributed by atoms with Crippen LogP contribution in [0.25, 0.3) is 0 Å². The predicted octanol–water partition coefficient (Wildman–Crippen LogP) is 1.63. The normalized spacial score (nSPS) is 16.1. The molecule has 13 heavy (non-hydrogen) atoms. The van der Waals surface area contributed by atoms with E-state index in [1.807, 2.05) is 25.3 Å². The van der Waals surface area contributed by atoms with Gasteiger partial charge in [0.1, 0.15) is 0 Å². The van der Waals surface area contributed by atoms with Gasteiger partial charge in [0.05, 0.1) is 6.10 Å². The molecule has 2 atom stereocenters. The summed E-state index contributed by atoms with van der Waals surface area (Å²) in [4.78, 5) is 1.24. The van der Waals surface area contributed by atoms with Gasteiger partial charge in [-0.15, -0.1) is 11.3 Å². The summed E-state index contributed by atoms with van der Waals surface area (Å²) in [5, 5.41) is 11.7. The van der Waals surface area contributed by atoms with E-state index in [1.54, 1.807) is 11.3 Å². The highest BCUT2D eigenvalue weighted by molar-refractivity contribution is 7.09. The van der Waals surface area contributed by atoms with Crippen molar-refractivity contribution in [3.63, 3.8) is 0 Å². The molecule has 0 spiro atoms. The summed E-state index contributed by atoms with van der Waals surface area (Å²) in [7, 11) is 0. The van der Waals surface area contributed by atoms with Crippen molar-refractivity contribution in [1.29, 1.82) is 0 Å². The highest BCUT2D eigenvalue weighted by atomic mass is 32.1. The average Bonchev–Trinajstić information content (AvgIpc) is 2.55. The van der Waals surface area contributed by atoms with E-state index in [2.05, 4.69) is 6.07 Å². The van der Waals surface area contributed by atoms with Gasteiger partial charge in [-0.25, -0.2) is 0 Å². The molecule has 1 heterocycles. The fourth-order valence-electron chi connectivity index (χ4n) is 1.28. The summed E-state index contributed by atoms with van der Waals surface area (Å²) >= 11 is 1.69. The maximum absolute atomic E-state index is 9.67. The third kappa shape index (κ3) is 3.10. The predicted molar refractivity (Wildman–Crippen MR) is 56.8 cm³/mol. The lowest BCUT2D eigenvalue weighted by molar-refractivity contribution is 0.0981. The number of rotatable bonds is 4. The van der Waals surface area contributed by atoms with Crippen LogP contribution in [0.3, 0.4) is 0 Å². The minimum absolute atomic E-state index is 0.140. The molecule has 0 saturated heterocycles. The SMILES string of the molecule is CC(C)C(O)C(N)Cc1cccs1. The molecule has 0 aliphatic heterocycles. The molecule has 1 aromatic rings. The summed E-state index contributed by atoms with van der Waals surface area (Å²) in [5.41, 5.74) is 5.87. The van der Waals surface area contributed by atoms with Gasteiger partial charge in [-0.3, -0.25) is 0 Å². The molecule has 0 radical (unpaired) electrons. The Hall–Kier alpha value is -0.380. The quantitative estimate of drug-likeness (QED) is 0.774. The fraction of sp³-hybridized carbons (Fsp3) is 0.600. The van der Waals surface area contributed by atoms with Crippen LogP contribution >= 0.6 is 11.3 Å². The van der Waals surface area contributed by atoms with Crippen LogP contribution in [0.2, 0.25) is 0 Å². The Kier molecular flexibility index (Phi) is 3.90. The molecule has 3 N–H and O–H groups in total. The average molecular weight is 199 g/mol. The standard InChI is InChI=1S/C10H17NOS/c1-7(2)10(12)9(11)6-8-4-3-5-13-8/h3-5,7,9-10,12H,6,11H2,1-2H3. The Morgan fingerprint density at radius 2 is 2.23 bits per heavy atom. The van der Waals surface area contributed by atoms with Gasteiger partial charge in [0.25, 0.3) is 0 Å². The summed E-state index contributed by atoms with van der Waals surface area (Å²) in [6, 6.07) is 3.92. The molecule has 74 valence electrons. The van der Waals surface area contributed by atoms with Crippen molar-refractivity contribution in [2.75, 3.05) is 0 Å². The molecule has 0 bridgehead atoms. The van der Waals surface area contributed by atoms with E-state index in [0.717, 1.165) is 6.42 Å². The number of thiophene rings is 1. The Bertz CT molecular complexity index is 233. The molecule has 0 amide bonds. The van der Waals surface area contributed by atoms with E-state index in [4.69, 9.17) is 5.73 Å². The first-order valence-electron chi connectivity index (χ1n) is 4.57. The second-order valence-corrected chi connectivity index (χ2v) is 4.71. The molecule has 1 rings (SSSR count). The van der Waals surface area contributed by atoms with E-state index in [-0.39, 0.29) is 12.0 Å². The van der Waals surface area contributed by atoms with Crippen molar-refractivity contribution in [1.82, 2.24) is 0 Å². The van der Waals surface area contributed by atoms with E-state index in [9.17, 15) is 5.11 Å². The van der Waals surface area contributed by atoms with Gasteiger partial charge < -0.3 is 10.8 Å². The maximum atomic E-state index is 9.67. The summed E-state index contributed by atoms with van der Waals surface area (Å²) in [6.45, 7) is 3.97. The van der Waals surface area contributed by atoms with Crippen LogP contribution in [0.15, 0.2) is 17.5 Å². The van der Waals surface area contributed by atoms with Gasteiger partial charge in [0.15, 0.2) is 0 Å². The van der Waals surface area contributed by atoms with Crippen LogP contribution in [-0.2, 0) is 6.42 Å². The van der Waals surface area contributed by atoms with Crippen LogP contribution < -0.4 is 5.73 Å². The summed E-state index contributed by atoms with van der Waals surface area (Å²) < 4.78 is 0. The molecular weight excluding hydrogens is 182 g/mol. The largest absolute Gasteiger partial charge is 0.391 e. The van der Waals surface area contributed by atoms with Gasteiger partial charge in [0, 0.05) is 10.9 Å². The smallest absolute Gasteiger partial charge is 0.0717 e. The van der Waals surface area contributed by atoms with E-state index >= 15 is 0 Å². The first kappa shape index (κ1) is 10.7. The first-order chi connectivity index (χ1) is 6.11. The van der Waals surface area contributed by atoms with E-state index in [0.29, 0.717) is 0 Å². The van der Waals surface area contributed by atoms with Crippen LogP contribution in [-0.4, -0.2) is 17.3 Å². The lowest BCUT2D eigenvalue weighted by Gasteiger charge is -2.21. The van der Waals surface area contributed by atoms with Crippen molar-refractivity contribution in [3.05, 3.63) is 22.4 Å². The molecule has 0 fully saturated rings. The van der Waals surface area contributed by atoms with Gasteiger partial charge >= 0.3 is 0 Å². The van der Waals surface area contributed by atoms with Crippen LogP contribution in [0, 0.1) is 5.92 Å². The summed E-state index contributed by atoms with van der Waals surface area (Å²) in [6.07, 6.45) is 0.374. The molecule has 1 aromatic heterocycles. The molecule has 0 aliphatic rings. The minimum Gasteiger partial charge on any atom is -0.391 e. The second kappa shape index (κ2) is 4.74. The zero-order valence-electron chi connectivity index (χ0n) is 8.10. The number of aliphatic hydroxyl groups is 1. The molecule has 0 saturated carbocycles. The second-order valence-electron chi connectivity index (χ2n) is 3.68. The maximum Gasteiger partial charge on any atom is 0.0717 e. The van der Waals surface area contributed by atoms with Gasteiger partial charge in [-0.1, -0.05) is 19.9 Å². The first-order valence-corrected chi connectivity index (χ1v) is 5.45. The Balaban J connectivity index is 2.45. The van der Waals surface area contributed by atoms with Crippen LogP contribution in [0.1, 0.15) is 18.7 Å². The summed E-state index contributed by atoms with van der Waals surface area (Å²) in [5.74, 6) is 0.231. The zero-order chi connectivity index (χ0) is 9.84. The topological polar surface area (TPSA) is 46.2 Å². The molecule has 0 aromatic carbocycles. The van der Waals surface area contributed by atoms with Crippen molar-refractivity contribution < 1.29 is 5.11 Å². The Morgan fingerprint density at radius 3 is 2.69 bits per heavy atom. The zero-order valence-corrected chi connectivity index (χ0v) is 8.92. The third-order valence-electron chi connectivity index (χ3n) is 2.14. The van der Waals surface area contributed by atoms with Crippen molar-refractivity contribution >= 4 is 11.3 Å². The van der Waals surface area contributed by atoms with Crippen molar-refractivity contribution in [2.24, 2.45) is 11.7 Å². The molecule has 3 heteroatoms. The molecule has 0 aliphatic carbocycles. The molecule has 2 unspecified atom stereocenters. The lowest BCUT2D eigenvalue weighted by Crippen LogP contribution is -2.39. The molecule has 2 nitrogen and oxygen atoms in total. The van der Waals surface area contributed by atoms with Gasteiger partial charge in [-0.05, 0) is 23.8 Å². The van der Waals surface area contributed by atoms with E-state index in [1.165, 1.54) is 4.88 Å². The van der Waals surface area contributed by atoms with E-state index < -0.39 is 6.10 Å². The van der Waals surface area contributed by atoms with Gasteiger partial charge in [0.2, 0.25) is 0 Å². The van der Waals surface area contributed by atoms with Crippen LogP contribution in [0.5, 0.6) is 0 Å². The highest BCUT2D eigenvalue weighted by Gasteiger charge is 2.18. The van der Waals surface area contributed by atoms with Crippen molar-refractivity contribution in [2.45, 2.75) is 32.4 Å². The monoisotopic (exact) mass is 199 g/mol. The Labute approximate surface area is 83.4 Å². The third-order valence-corrected chi connectivity index (χ3v) is 3.04. The van der Waals surface area contributed by atoms with Crippen LogP contribution in [0.4, 0.5) is 0 Å². The van der Waals surface area contributed by atoms with Crippen molar-refractivity contribution in [3.8, 4) is 0 Å². The number of hydrogen-bond donors (Lipinski definition) is 2.